The highest BCUT2D eigenvalue weighted by Gasteiger charge is 2.18. The number of aromatic nitrogens is 2. The fourth-order valence-electron chi connectivity index (χ4n) is 2.44. The lowest BCUT2D eigenvalue weighted by Gasteiger charge is -2.16. The molecule has 0 fully saturated rings. The maximum atomic E-state index is 10.8. The molecule has 0 aliphatic rings. The molecule has 2 aromatic rings. The molecule has 1 heterocycles. The molecule has 1 unspecified atom stereocenters. The summed E-state index contributed by atoms with van der Waals surface area (Å²) in [4.78, 5) is 15.4. The van der Waals surface area contributed by atoms with Gasteiger partial charge in [-0.1, -0.05) is 31.2 Å². The molecule has 0 amide bonds. The van der Waals surface area contributed by atoms with E-state index >= 15 is 0 Å². The number of carboxylic acid groups (broad SMARTS) is 1. The molecule has 0 saturated heterocycles. The van der Waals surface area contributed by atoms with Crippen molar-refractivity contribution in [2.75, 3.05) is 12.9 Å². The third-order valence-electron chi connectivity index (χ3n) is 3.34. The van der Waals surface area contributed by atoms with E-state index in [1.807, 2.05) is 18.2 Å². The number of imidazole rings is 1. The van der Waals surface area contributed by atoms with Gasteiger partial charge >= 0.3 is 5.97 Å². The van der Waals surface area contributed by atoms with Crippen LogP contribution in [-0.4, -0.2) is 33.5 Å². The van der Waals surface area contributed by atoms with E-state index < -0.39 is 5.97 Å². The number of rotatable bonds is 7. The summed E-state index contributed by atoms with van der Waals surface area (Å²) < 4.78 is 7.48. The number of hydrogen-bond acceptors (Lipinski definition) is 4. The van der Waals surface area contributed by atoms with E-state index in [0.717, 1.165) is 29.0 Å². The van der Waals surface area contributed by atoms with Crippen LogP contribution in [0.1, 0.15) is 32.7 Å². The van der Waals surface area contributed by atoms with Crippen molar-refractivity contribution < 1.29 is 14.6 Å². The van der Waals surface area contributed by atoms with E-state index in [4.69, 9.17) is 9.84 Å². The second-order valence-electron chi connectivity index (χ2n) is 4.91. The van der Waals surface area contributed by atoms with E-state index in [-0.39, 0.29) is 11.8 Å². The summed E-state index contributed by atoms with van der Waals surface area (Å²) in [5, 5.41) is 9.63. The molecular weight excluding hydrogens is 288 g/mol. The van der Waals surface area contributed by atoms with Gasteiger partial charge in [-0.05, 0) is 25.5 Å². The van der Waals surface area contributed by atoms with Crippen LogP contribution in [0.15, 0.2) is 23.4 Å². The number of methoxy groups -OCH3 is 1. The Morgan fingerprint density at radius 3 is 2.90 bits per heavy atom. The highest BCUT2D eigenvalue weighted by atomic mass is 32.2. The molecule has 114 valence electrons. The standard InChI is InChI=1S/C15H20N2O3S/c1-4-6-10(2)17-11-7-5-8-12(20-3)14(11)16-15(17)21-9-13(18)19/h5,7-8,10H,4,6,9H2,1-3H3,(H,18,19). The topological polar surface area (TPSA) is 64.4 Å². The second kappa shape index (κ2) is 6.85. The van der Waals surface area contributed by atoms with E-state index in [9.17, 15) is 4.79 Å². The monoisotopic (exact) mass is 308 g/mol. The summed E-state index contributed by atoms with van der Waals surface area (Å²) in [7, 11) is 1.62. The van der Waals surface area contributed by atoms with Crippen LogP contribution in [-0.2, 0) is 4.79 Å². The molecule has 0 radical (unpaired) electrons. The number of hydrogen-bond donors (Lipinski definition) is 1. The molecule has 1 atom stereocenters. The maximum absolute atomic E-state index is 10.8. The number of aliphatic carboxylic acids is 1. The minimum atomic E-state index is -0.839. The number of nitrogens with zero attached hydrogens (tertiary/aromatic N) is 2. The van der Waals surface area contributed by atoms with Crippen molar-refractivity contribution in [3.63, 3.8) is 0 Å². The molecule has 1 N–H and O–H groups in total. The number of para-hydroxylation sites is 1. The highest BCUT2D eigenvalue weighted by molar-refractivity contribution is 7.99. The van der Waals surface area contributed by atoms with Crippen molar-refractivity contribution >= 4 is 28.8 Å². The fourth-order valence-corrected chi connectivity index (χ4v) is 3.26. The zero-order chi connectivity index (χ0) is 15.4. The van der Waals surface area contributed by atoms with Crippen LogP contribution in [0.3, 0.4) is 0 Å². The van der Waals surface area contributed by atoms with Crippen LogP contribution >= 0.6 is 11.8 Å². The highest BCUT2D eigenvalue weighted by Crippen LogP contribution is 2.33. The Hall–Kier alpha value is -1.69. The summed E-state index contributed by atoms with van der Waals surface area (Å²) in [6.45, 7) is 4.27. The minimum absolute atomic E-state index is 0.00445. The number of ether oxygens (including phenoxy) is 1. The van der Waals surface area contributed by atoms with Gasteiger partial charge in [0.25, 0.3) is 0 Å². The Morgan fingerprint density at radius 1 is 1.52 bits per heavy atom. The molecule has 0 saturated carbocycles. The first kappa shape index (κ1) is 15.7. The molecule has 2 rings (SSSR count). The second-order valence-corrected chi connectivity index (χ2v) is 5.85. The van der Waals surface area contributed by atoms with Crippen LogP contribution in [0.5, 0.6) is 5.75 Å². The molecular formula is C15H20N2O3S. The summed E-state index contributed by atoms with van der Waals surface area (Å²) in [5.41, 5.74) is 1.78. The van der Waals surface area contributed by atoms with E-state index in [0.29, 0.717) is 5.75 Å². The number of benzene rings is 1. The minimum Gasteiger partial charge on any atom is -0.494 e. The van der Waals surface area contributed by atoms with Crippen molar-refractivity contribution in [2.24, 2.45) is 0 Å². The van der Waals surface area contributed by atoms with Crippen molar-refractivity contribution in [2.45, 2.75) is 37.9 Å². The predicted octanol–water partition coefficient (Wildman–Crippen LogP) is 3.58. The Morgan fingerprint density at radius 2 is 2.29 bits per heavy atom. The van der Waals surface area contributed by atoms with Crippen LogP contribution in [0.4, 0.5) is 0 Å². The molecule has 1 aromatic heterocycles. The lowest BCUT2D eigenvalue weighted by molar-refractivity contribution is -0.133. The Bertz CT molecular complexity index is 639. The maximum Gasteiger partial charge on any atom is 0.313 e. The summed E-state index contributed by atoms with van der Waals surface area (Å²) in [6, 6.07) is 6.07. The van der Waals surface area contributed by atoms with Crippen LogP contribution in [0, 0.1) is 0 Å². The zero-order valence-electron chi connectivity index (χ0n) is 12.5. The predicted molar refractivity (Wildman–Crippen MR) is 84.3 cm³/mol. The summed E-state index contributed by atoms with van der Waals surface area (Å²) >= 11 is 1.25. The Kier molecular flexibility index (Phi) is 5.12. The quantitative estimate of drug-likeness (QED) is 0.792. The van der Waals surface area contributed by atoms with Crippen molar-refractivity contribution in [1.29, 1.82) is 0 Å². The average Bonchev–Trinajstić information content (AvgIpc) is 2.83. The first-order valence-electron chi connectivity index (χ1n) is 6.98. The van der Waals surface area contributed by atoms with Crippen molar-refractivity contribution in [1.82, 2.24) is 9.55 Å². The molecule has 0 aliphatic heterocycles. The smallest absolute Gasteiger partial charge is 0.313 e. The van der Waals surface area contributed by atoms with Gasteiger partial charge in [0.05, 0.1) is 18.4 Å². The SMILES string of the molecule is CCCC(C)n1c(SCC(=O)O)nc2c(OC)cccc21. The van der Waals surface area contributed by atoms with Gasteiger partial charge in [0, 0.05) is 6.04 Å². The third kappa shape index (κ3) is 3.32. The largest absolute Gasteiger partial charge is 0.494 e. The first-order chi connectivity index (χ1) is 10.1. The first-order valence-corrected chi connectivity index (χ1v) is 7.96. The molecule has 21 heavy (non-hydrogen) atoms. The van der Waals surface area contributed by atoms with Gasteiger partial charge in [0.2, 0.25) is 0 Å². The molecule has 0 spiro atoms. The molecule has 1 aromatic carbocycles. The van der Waals surface area contributed by atoms with Gasteiger partial charge in [-0.3, -0.25) is 4.79 Å². The number of carbonyl (C=O) groups is 1. The summed E-state index contributed by atoms with van der Waals surface area (Å²) in [6.07, 6.45) is 2.08. The van der Waals surface area contributed by atoms with Crippen LogP contribution < -0.4 is 4.74 Å². The number of fused-ring (bicyclic) bond motifs is 1. The lowest BCUT2D eigenvalue weighted by Crippen LogP contribution is -2.08. The van der Waals surface area contributed by atoms with Crippen LogP contribution in [0.25, 0.3) is 11.0 Å². The normalized spacial score (nSPS) is 12.5. The Balaban J connectivity index is 2.53. The van der Waals surface area contributed by atoms with Crippen LogP contribution in [0.2, 0.25) is 0 Å². The lowest BCUT2D eigenvalue weighted by atomic mass is 10.2. The molecule has 0 aliphatic carbocycles. The van der Waals surface area contributed by atoms with E-state index in [1.165, 1.54) is 11.8 Å². The Labute approximate surface area is 128 Å². The molecule has 5 nitrogen and oxygen atoms in total. The molecule has 0 bridgehead atoms. The number of thioether (sulfide) groups is 1. The third-order valence-corrected chi connectivity index (χ3v) is 4.28. The van der Waals surface area contributed by atoms with Gasteiger partial charge in [-0.25, -0.2) is 4.98 Å². The van der Waals surface area contributed by atoms with Gasteiger partial charge in [0.15, 0.2) is 5.16 Å². The average molecular weight is 308 g/mol. The fraction of sp³-hybridized carbons (Fsp3) is 0.467. The van der Waals surface area contributed by atoms with E-state index in [2.05, 4.69) is 23.4 Å². The van der Waals surface area contributed by atoms with E-state index in [1.54, 1.807) is 7.11 Å². The van der Waals surface area contributed by atoms with Gasteiger partial charge < -0.3 is 14.4 Å². The van der Waals surface area contributed by atoms with Crippen molar-refractivity contribution in [3.8, 4) is 5.75 Å². The zero-order valence-corrected chi connectivity index (χ0v) is 13.3. The number of carboxylic acids is 1. The van der Waals surface area contributed by atoms with Gasteiger partial charge in [-0.2, -0.15) is 0 Å². The van der Waals surface area contributed by atoms with Crippen molar-refractivity contribution in [3.05, 3.63) is 18.2 Å². The molecule has 6 heteroatoms. The summed E-state index contributed by atoms with van der Waals surface area (Å²) in [5.74, 6) is -0.120. The van der Waals surface area contributed by atoms with Gasteiger partial charge in [0.1, 0.15) is 11.3 Å². The van der Waals surface area contributed by atoms with Gasteiger partial charge in [-0.15, -0.1) is 0 Å².